The molecule has 0 aromatic carbocycles. The first-order valence-corrected chi connectivity index (χ1v) is 5.20. The van der Waals surface area contributed by atoms with Crippen molar-refractivity contribution >= 4 is 11.6 Å². The van der Waals surface area contributed by atoms with Crippen LogP contribution < -0.4 is 0 Å². The van der Waals surface area contributed by atoms with Crippen LogP contribution in [0.4, 0.5) is 0 Å². The molecule has 1 aliphatic rings. The fourth-order valence-corrected chi connectivity index (χ4v) is 1.78. The molecule has 0 spiro atoms. The van der Waals surface area contributed by atoms with Gasteiger partial charge < -0.3 is 9.84 Å². The van der Waals surface area contributed by atoms with Gasteiger partial charge in [-0.1, -0.05) is 0 Å². The standard InChI is InChI=1S/C9H17ClO2/c10-5-1-2-9(11)8-3-6-12-7-4-8/h8-9,11H,1-7H2. The van der Waals surface area contributed by atoms with Crippen LogP contribution in [0.25, 0.3) is 0 Å². The second-order valence-electron chi connectivity index (χ2n) is 3.35. The lowest BCUT2D eigenvalue weighted by Gasteiger charge is -2.26. The minimum Gasteiger partial charge on any atom is -0.393 e. The van der Waals surface area contributed by atoms with Crippen LogP contribution in [0.2, 0.25) is 0 Å². The van der Waals surface area contributed by atoms with Crippen LogP contribution in [0, 0.1) is 5.92 Å². The molecule has 0 bridgehead atoms. The predicted octanol–water partition coefficient (Wildman–Crippen LogP) is 1.79. The van der Waals surface area contributed by atoms with Gasteiger partial charge in [0.15, 0.2) is 0 Å². The summed E-state index contributed by atoms with van der Waals surface area (Å²) in [6.45, 7) is 1.62. The SMILES string of the molecule is OC(CCCCl)C1CCOCC1. The predicted molar refractivity (Wildman–Crippen MR) is 49.5 cm³/mol. The minimum absolute atomic E-state index is 0.160. The highest BCUT2D eigenvalue weighted by molar-refractivity contribution is 6.17. The fourth-order valence-electron chi connectivity index (χ4n) is 1.62. The monoisotopic (exact) mass is 192 g/mol. The summed E-state index contributed by atoms with van der Waals surface area (Å²) in [7, 11) is 0. The van der Waals surface area contributed by atoms with Gasteiger partial charge in [-0.05, 0) is 31.6 Å². The molecule has 12 heavy (non-hydrogen) atoms. The number of ether oxygens (including phenoxy) is 1. The summed E-state index contributed by atoms with van der Waals surface area (Å²) < 4.78 is 5.22. The Morgan fingerprint density at radius 3 is 2.67 bits per heavy atom. The maximum atomic E-state index is 9.69. The van der Waals surface area contributed by atoms with Crippen molar-refractivity contribution < 1.29 is 9.84 Å². The van der Waals surface area contributed by atoms with E-state index < -0.39 is 0 Å². The second-order valence-corrected chi connectivity index (χ2v) is 3.73. The molecule has 72 valence electrons. The zero-order chi connectivity index (χ0) is 8.81. The number of hydrogen-bond acceptors (Lipinski definition) is 2. The van der Waals surface area contributed by atoms with Crippen molar-refractivity contribution in [1.82, 2.24) is 0 Å². The Hall–Kier alpha value is 0.210. The molecule has 0 amide bonds. The van der Waals surface area contributed by atoms with Gasteiger partial charge in [0.25, 0.3) is 0 Å². The van der Waals surface area contributed by atoms with E-state index in [1.165, 1.54) is 0 Å². The maximum absolute atomic E-state index is 9.69. The number of alkyl halides is 1. The third kappa shape index (κ3) is 3.30. The van der Waals surface area contributed by atoms with Gasteiger partial charge in [-0.15, -0.1) is 11.6 Å². The van der Waals surface area contributed by atoms with E-state index in [0.717, 1.165) is 38.9 Å². The number of hydrogen-bond donors (Lipinski definition) is 1. The normalized spacial score (nSPS) is 22.5. The number of rotatable bonds is 4. The molecule has 1 fully saturated rings. The summed E-state index contributed by atoms with van der Waals surface area (Å²) in [6, 6.07) is 0. The summed E-state index contributed by atoms with van der Waals surface area (Å²) in [4.78, 5) is 0. The van der Waals surface area contributed by atoms with Gasteiger partial charge in [-0.3, -0.25) is 0 Å². The first kappa shape index (κ1) is 10.3. The molecule has 2 nitrogen and oxygen atoms in total. The lowest BCUT2D eigenvalue weighted by molar-refractivity contribution is 0.00486. The molecule has 1 aliphatic heterocycles. The third-order valence-electron chi connectivity index (χ3n) is 2.44. The largest absolute Gasteiger partial charge is 0.393 e. The van der Waals surface area contributed by atoms with Crippen molar-refractivity contribution in [3.8, 4) is 0 Å². The molecule has 1 unspecified atom stereocenters. The Morgan fingerprint density at radius 2 is 2.08 bits per heavy atom. The van der Waals surface area contributed by atoms with Crippen LogP contribution in [0.1, 0.15) is 25.7 Å². The number of aliphatic hydroxyl groups is 1. The first-order valence-electron chi connectivity index (χ1n) is 4.66. The summed E-state index contributed by atoms with van der Waals surface area (Å²) >= 11 is 5.55. The second kappa shape index (κ2) is 5.79. The zero-order valence-electron chi connectivity index (χ0n) is 7.34. The van der Waals surface area contributed by atoms with Crippen molar-refractivity contribution in [2.45, 2.75) is 31.8 Å². The molecular formula is C9H17ClO2. The van der Waals surface area contributed by atoms with Crippen molar-refractivity contribution in [2.24, 2.45) is 5.92 Å². The van der Waals surface area contributed by atoms with Crippen LogP contribution in [-0.4, -0.2) is 30.3 Å². The topological polar surface area (TPSA) is 29.5 Å². The van der Waals surface area contributed by atoms with E-state index in [1.807, 2.05) is 0 Å². The number of aliphatic hydroxyl groups excluding tert-OH is 1. The van der Waals surface area contributed by atoms with Gasteiger partial charge in [-0.2, -0.15) is 0 Å². The molecule has 0 saturated carbocycles. The van der Waals surface area contributed by atoms with Crippen LogP contribution >= 0.6 is 11.6 Å². The van der Waals surface area contributed by atoms with E-state index >= 15 is 0 Å². The maximum Gasteiger partial charge on any atom is 0.0570 e. The van der Waals surface area contributed by atoms with Crippen LogP contribution in [-0.2, 0) is 4.74 Å². The van der Waals surface area contributed by atoms with Crippen molar-refractivity contribution in [2.75, 3.05) is 19.1 Å². The molecule has 1 heterocycles. The Morgan fingerprint density at radius 1 is 1.42 bits per heavy atom. The van der Waals surface area contributed by atoms with Crippen LogP contribution in [0.5, 0.6) is 0 Å². The van der Waals surface area contributed by atoms with Crippen LogP contribution in [0.3, 0.4) is 0 Å². The molecule has 1 N–H and O–H groups in total. The van der Waals surface area contributed by atoms with Gasteiger partial charge in [0.1, 0.15) is 0 Å². The summed E-state index contributed by atoms with van der Waals surface area (Å²) in [5.41, 5.74) is 0. The van der Waals surface area contributed by atoms with E-state index in [4.69, 9.17) is 16.3 Å². The van der Waals surface area contributed by atoms with Crippen LogP contribution in [0.15, 0.2) is 0 Å². The quantitative estimate of drug-likeness (QED) is 0.689. The highest BCUT2D eigenvalue weighted by Crippen LogP contribution is 2.21. The van der Waals surface area contributed by atoms with Crippen molar-refractivity contribution in [3.05, 3.63) is 0 Å². The molecule has 0 radical (unpaired) electrons. The molecule has 1 atom stereocenters. The molecule has 1 rings (SSSR count). The lowest BCUT2D eigenvalue weighted by Crippen LogP contribution is -2.27. The van der Waals surface area contributed by atoms with Crippen molar-refractivity contribution in [1.29, 1.82) is 0 Å². The third-order valence-corrected chi connectivity index (χ3v) is 2.71. The zero-order valence-corrected chi connectivity index (χ0v) is 8.09. The Kier molecular flexibility index (Phi) is 4.96. The van der Waals surface area contributed by atoms with Gasteiger partial charge in [0, 0.05) is 19.1 Å². The minimum atomic E-state index is -0.160. The van der Waals surface area contributed by atoms with Gasteiger partial charge in [0.05, 0.1) is 6.10 Å². The highest BCUT2D eigenvalue weighted by Gasteiger charge is 2.21. The van der Waals surface area contributed by atoms with E-state index in [9.17, 15) is 5.11 Å². The fraction of sp³-hybridized carbons (Fsp3) is 1.00. The average molecular weight is 193 g/mol. The first-order chi connectivity index (χ1) is 5.84. The Balaban J connectivity index is 2.15. The molecule has 0 aromatic heterocycles. The van der Waals surface area contributed by atoms with E-state index in [0.29, 0.717) is 11.8 Å². The molecule has 0 aliphatic carbocycles. The van der Waals surface area contributed by atoms with Gasteiger partial charge in [-0.25, -0.2) is 0 Å². The summed E-state index contributed by atoms with van der Waals surface area (Å²) in [5.74, 6) is 1.10. The molecule has 1 saturated heterocycles. The van der Waals surface area contributed by atoms with E-state index in [2.05, 4.69) is 0 Å². The number of halogens is 1. The highest BCUT2D eigenvalue weighted by atomic mass is 35.5. The molecule has 0 aromatic rings. The molecular weight excluding hydrogens is 176 g/mol. The lowest BCUT2D eigenvalue weighted by atomic mass is 9.91. The summed E-state index contributed by atoms with van der Waals surface area (Å²) in [6.07, 6.45) is 3.61. The molecule has 3 heteroatoms. The Bertz CT molecular complexity index is 113. The smallest absolute Gasteiger partial charge is 0.0570 e. The van der Waals surface area contributed by atoms with Crippen molar-refractivity contribution in [3.63, 3.8) is 0 Å². The van der Waals surface area contributed by atoms with Gasteiger partial charge >= 0.3 is 0 Å². The van der Waals surface area contributed by atoms with E-state index in [-0.39, 0.29) is 6.10 Å². The van der Waals surface area contributed by atoms with E-state index in [1.54, 1.807) is 0 Å². The summed E-state index contributed by atoms with van der Waals surface area (Å²) in [5, 5.41) is 9.69. The Labute approximate surface area is 78.9 Å². The average Bonchev–Trinajstić information content (AvgIpc) is 2.15. The van der Waals surface area contributed by atoms with Gasteiger partial charge in [0.2, 0.25) is 0 Å².